The van der Waals surface area contributed by atoms with Gasteiger partial charge in [-0.25, -0.2) is 4.98 Å². The fraction of sp³-hybridized carbons (Fsp3) is 0.667. The van der Waals surface area contributed by atoms with E-state index in [1.807, 2.05) is 20.0 Å². The molecule has 2 N–H and O–H groups in total. The van der Waals surface area contributed by atoms with E-state index in [2.05, 4.69) is 27.5 Å². The number of thiazole rings is 1. The van der Waals surface area contributed by atoms with Crippen LogP contribution in [0.15, 0.2) is 11.2 Å². The van der Waals surface area contributed by atoms with Gasteiger partial charge in [-0.2, -0.15) is 0 Å². The van der Waals surface area contributed by atoms with Crippen LogP contribution in [0.1, 0.15) is 23.7 Å². The van der Waals surface area contributed by atoms with Crippen molar-refractivity contribution in [3.63, 3.8) is 0 Å². The minimum Gasteiger partial charge on any atom is -0.377 e. The fourth-order valence-electron chi connectivity index (χ4n) is 1.23. The van der Waals surface area contributed by atoms with Gasteiger partial charge in [0.15, 0.2) is 5.96 Å². The average molecular weight is 398 g/mol. The van der Waals surface area contributed by atoms with E-state index in [-0.39, 0.29) is 29.6 Å². The number of halogens is 1. The molecule has 7 heteroatoms. The van der Waals surface area contributed by atoms with E-state index in [0.717, 1.165) is 11.0 Å². The maximum atomic E-state index is 5.34. The van der Waals surface area contributed by atoms with Crippen molar-refractivity contribution in [2.45, 2.75) is 32.9 Å². The zero-order chi connectivity index (χ0) is 13.6. The van der Waals surface area contributed by atoms with Gasteiger partial charge >= 0.3 is 0 Å². The van der Waals surface area contributed by atoms with E-state index in [1.54, 1.807) is 25.5 Å². The van der Waals surface area contributed by atoms with E-state index in [4.69, 9.17) is 4.74 Å². The van der Waals surface area contributed by atoms with Crippen molar-refractivity contribution in [2.24, 2.45) is 4.99 Å². The number of aliphatic imine (C=N–C) groups is 1. The first-order valence-electron chi connectivity index (χ1n) is 5.88. The van der Waals surface area contributed by atoms with Gasteiger partial charge in [0.05, 0.1) is 12.1 Å². The van der Waals surface area contributed by atoms with Gasteiger partial charge in [0.2, 0.25) is 0 Å². The first kappa shape index (κ1) is 18.6. The highest BCUT2D eigenvalue weighted by Crippen LogP contribution is 2.10. The molecule has 0 saturated heterocycles. The number of ether oxygens (including phenoxy) is 1. The summed E-state index contributed by atoms with van der Waals surface area (Å²) in [5.41, 5.74) is -0.213. The first-order chi connectivity index (χ1) is 8.46. The zero-order valence-corrected chi connectivity index (χ0v) is 15.3. The number of hydrogen-bond acceptors (Lipinski definition) is 4. The molecule has 0 radical (unpaired) electrons. The zero-order valence-electron chi connectivity index (χ0n) is 12.1. The van der Waals surface area contributed by atoms with Gasteiger partial charge in [0.25, 0.3) is 0 Å². The van der Waals surface area contributed by atoms with E-state index in [1.165, 1.54) is 4.88 Å². The van der Waals surface area contributed by atoms with Gasteiger partial charge in [-0.3, -0.25) is 4.99 Å². The topological polar surface area (TPSA) is 58.5 Å². The van der Waals surface area contributed by atoms with Crippen LogP contribution in [0, 0.1) is 6.92 Å². The summed E-state index contributed by atoms with van der Waals surface area (Å²) in [7, 11) is 3.46. The van der Waals surface area contributed by atoms with Crippen LogP contribution in [-0.4, -0.2) is 37.2 Å². The minimum absolute atomic E-state index is 0. The Bertz CT molecular complexity index is 406. The molecule has 110 valence electrons. The maximum Gasteiger partial charge on any atom is 0.191 e. The fourth-order valence-corrected chi connectivity index (χ4v) is 1.96. The van der Waals surface area contributed by atoms with Crippen molar-refractivity contribution in [2.75, 3.05) is 20.7 Å². The Kier molecular flexibility index (Phi) is 8.51. The molecule has 0 bridgehead atoms. The monoisotopic (exact) mass is 398 g/mol. The summed E-state index contributed by atoms with van der Waals surface area (Å²) in [6.07, 6.45) is 1.88. The van der Waals surface area contributed by atoms with Gasteiger partial charge in [-0.05, 0) is 20.8 Å². The summed E-state index contributed by atoms with van der Waals surface area (Å²) < 4.78 is 5.34. The summed E-state index contributed by atoms with van der Waals surface area (Å²) in [5, 5.41) is 7.51. The van der Waals surface area contributed by atoms with Crippen molar-refractivity contribution >= 4 is 41.3 Å². The van der Waals surface area contributed by atoms with Crippen LogP contribution in [0.25, 0.3) is 0 Å². The van der Waals surface area contributed by atoms with Gasteiger partial charge in [-0.1, -0.05) is 0 Å². The number of hydrogen-bond donors (Lipinski definition) is 2. The molecule has 0 aliphatic heterocycles. The molecule has 0 aromatic carbocycles. The molecule has 0 saturated carbocycles. The van der Waals surface area contributed by atoms with Crippen molar-refractivity contribution in [3.8, 4) is 0 Å². The third-order valence-electron chi connectivity index (χ3n) is 2.53. The lowest BCUT2D eigenvalue weighted by atomic mass is 10.1. The van der Waals surface area contributed by atoms with E-state index in [0.29, 0.717) is 13.1 Å². The second-order valence-corrected chi connectivity index (χ2v) is 5.93. The number of nitrogens with one attached hydrogen (secondary N) is 2. The van der Waals surface area contributed by atoms with Crippen molar-refractivity contribution in [1.29, 1.82) is 0 Å². The van der Waals surface area contributed by atoms with Gasteiger partial charge in [-0.15, -0.1) is 35.3 Å². The smallest absolute Gasteiger partial charge is 0.191 e. The Hall–Kier alpha value is -0.410. The molecule has 0 aliphatic carbocycles. The van der Waals surface area contributed by atoms with Crippen LogP contribution in [0.2, 0.25) is 0 Å². The number of nitrogens with zero attached hydrogens (tertiary/aromatic N) is 2. The number of aromatic nitrogens is 1. The first-order valence-corrected chi connectivity index (χ1v) is 6.69. The third-order valence-corrected chi connectivity index (χ3v) is 3.45. The number of methoxy groups -OCH3 is 1. The Morgan fingerprint density at radius 3 is 2.63 bits per heavy atom. The normalized spacial score (nSPS) is 11.9. The second-order valence-electron chi connectivity index (χ2n) is 4.61. The summed E-state index contributed by atoms with van der Waals surface area (Å²) >= 11 is 1.69. The summed E-state index contributed by atoms with van der Waals surface area (Å²) in [4.78, 5) is 9.68. The SMILES string of the molecule is CN=C(NCc1ncc(C)s1)NCC(C)(C)OC.I. The molecule has 0 fully saturated rings. The standard InChI is InChI=1S/C12H22N4OS.HI/c1-9-6-14-10(18-9)7-15-11(13-4)16-8-12(2,3)17-5;/h6H,7-8H2,1-5H3,(H2,13,15,16);1H. The number of guanidine groups is 1. The summed E-state index contributed by atoms with van der Waals surface area (Å²) in [6.45, 7) is 7.48. The van der Waals surface area contributed by atoms with Gasteiger partial charge < -0.3 is 15.4 Å². The molecule has 1 heterocycles. The lowest BCUT2D eigenvalue weighted by Crippen LogP contribution is -2.45. The number of aryl methyl sites for hydroxylation is 1. The highest BCUT2D eigenvalue weighted by atomic mass is 127. The predicted molar refractivity (Wildman–Crippen MR) is 91.6 cm³/mol. The average Bonchev–Trinajstić information content (AvgIpc) is 2.75. The maximum absolute atomic E-state index is 5.34. The quantitative estimate of drug-likeness (QED) is 0.454. The van der Waals surface area contributed by atoms with Crippen molar-refractivity contribution in [1.82, 2.24) is 15.6 Å². The van der Waals surface area contributed by atoms with Gasteiger partial charge in [0.1, 0.15) is 5.01 Å². The molecular weight excluding hydrogens is 375 g/mol. The van der Waals surface area contributed by atoms with E-state index < -0.39 is 0 Å². The number of rotatable bonds is 5. The van der Waals surface area contributed by atoms with Crippen LogP contribution in [0.4, 0.5) is 0 Å². The molecule has 1 aromatic heterocycles. The van der Waals surface area contributed by atoms with E-state index in [9.17, 15) is 0 Å². The molecular formula is C12H23IN4OS. The van der Waals surface area contributed by atoms with Crippen LogP contribution >= 0.6 is 35.3 Å². The van der Waals surface area contributed by atoms with Crippen LogP contribution < -0.4 is 10.6 Å². The Morgan fingerprint density at radius 1 is 1.47 bits per heavy atom. The summed E-state index contributed by atoms with van der Waals surface area (Å²) in [6, 6.07) is 0. The highest BCUT2D eigenvalue weighted by Gasteiger charge is 2.16. The molecule has 0 aliphatic rings. The van der Waals surface area contributed by atoms with Crippen LogP contribution in [-0.2, 0) is 11.3 Å². The third kappa shape index (κ3) is 7.07. The Morgan fingerprint density at radius 2 is 2.16 bits per heavy atom. The molecule has 19 heavy (non-hydrogen) atoms. The minimum atomic E-state index is -0.213. The molecule has 5 nitrogen and oxygen atoms in total. The largest absolute Gasteiger partial charge is 0.377 e. The summed E-state index contributed by atoms with van der Waals surface area (Å²) in [5.74, 6) is 0.757. The molecule has 0 atom stereocenters. The van der Waals surface area contributed by atoms with Crippen molar-refractivity contribution in [3.05, 3.63) is 16.1 Å². The lowest BCUT2D eigenvalue weighted by Gasteiger charge is -2.24. The van der Waals surface area contributed by atoms with Crippen LogP contribution in [0.5, 0.6) is 0 Å². The predicted octanol–water partition coefficient (Wildman–Crippen LogP) is 2.16. The Balaban J connectivity index is 0.00000324. The van der Waals surface area contributed by atoms with Gasteiger partial charge in [0, 0.05) is 31.8 Å². The molecule has 0 spiro atoms. The molecule has 1 aromatic rings. The van der Waals surface area contributed by atoms with E-state index >= 15 is 0 Å². The molecule has 0 unspecified atom stereocenters. The molecule has 1 rings (SSSR count). The van der Waals surface area contributed by atoms with Crippen LogP contribution in [0.3, 0.4) is 0 Å². The Labute approximate surface area is 136 Å². The molecule has 0 amide bonds. The highest BCUT2D eigenvalue weighted by molar-refractivity contribution is 14.0. The lowest BCUT2D eigenvalue weighted by molar-refractivity contribution is 0.0268. The second kappa shape index (κ2) is 8.70. The van der Waals surface area contributed by atoms with Crippen molar-refractivity contribution < 1.29 is 4.74 Å².